The molecule has 0 N–H and O–H groups in total. The van der Waals surface area contributed by atoms with Gasteiger partial charge in [0.25, 0.3) is 5.69 Å². The Morgan fingerprint density at radius 2 is 2.00 bits per heavy atom. The highest BCUT2D eigenvalue weighted by Gasteiger charge is 2.25. The predicted molar refractivity (Wildman–Crippen MR) is 100 cm³/mol. The fraction of sp³-hybridized carbons (Fsp3) is 0.200. The number of aliphatic imine (C=N–C) groups is 1. The van der Waals surface area contributed by atoms with Crippen molar-refractivity contribution in [3.63, 3.8) is 0 Å². The number of hydrogen-bond donors (Lipinski definition) is 0. The first-order valence-electron chi connectivity index (χ1n) is 8.42. The minimum atomic E-state index is -0.606. The molecular weight excluding hydrogens is 348 g/mol. The number of ether oxygens (including phenoxy) is 2. The lowest BCUT2D eigenvalue weighted by molar-refractivity contribution is -0.384. The smallest absolute Gasteiger partial charge is 0.363 e. The van der Waals surface area contributed by atoms with Crippen molar-refractivity contribution in [1.29, 1.82) is 0 Å². The van der Waals surface area contributed by atoms with Crippen LogP contribution in [0.2, 0.25) is 0 Å². The van der Waals surface area contributed by atoms with Gasteiger partial charge in [0, 0.05) is 17.7 Å². The lowest BCUT2D eigenvalue weighted by Crippen LogP contribution is -2.05. The quantitative estimate of drug-likeness (QED) is 0.334. The van der Waals surface area contributed by atoms with E-state index in [2.05, 4.69) is 18.8 Å². The number of non-ortho nitro benzene ring substituents is 1. The van der Waals surface area contributed by atoms with Crippen LogP contribution in [0.5, 0.6) is 5.75 Å². The average Bonchev–Trinajstić information content (AvgIpc) is 3.01. The van der Waals surface area contributed by atoms with Gasteiger partial charge in [-0.1, -0.05) is 32.0 Å². The lowest BCUT2D eigenvalue weighted by Gasteiger charge is -2.08. The molecule has 27 heavy (non-hydrogen) atoms. The van der Waals surface area contributed by atoms with E-state index >= 15 is 0 Å². The van der Waals surface area contributed by atoms with Crippen molar-refractivity contribution in [1.82, 2.24) is 0 Å². The van der Waals surface area contributed by atoms with Crippen LogP contribution in [-0.4, -0.2) is 23.4 Å². The summed E-state index contributed by atoms with van der Waals surface area (Å²) in [6.07, 6.45) is 1.59. The summed E-state index contributed by atoms with van der Waals surface area (Å²) >= 11 is 0. The molecule has 0 atom stereocenters. The van der Waals surface area contributed by atoms with Gasteiger partial charge in [-0.2, -0.15) is 0 Å². The first-order valence-corrected chi connectivity index (χ1v) is 8.42. The minimum Gasteiger partial charge on any atom is -0.493 e. The van der Waals surface area contributed by atoms with Gasteiger partial charge in [0.05, 0.1) is 11.5 Å². The summed E-state index contributed by atoms with van der Waals surface area (Å²) in [6, 6.07) is 13.1. The number of carbonyl (C=O) groups excluding carboxylic acids is 1. The third-order valence-corrected chi connectivity index (χ3v) is 3.67. The first kappa shape index (κ1) is 18.3. The summed E-state index contributed by atoms with van der Waals surface area (Å²) in [5, 5.41) is 10.9. The number of carbonyl (C=O) groups is 1. The number of benzene rings is 2. The number of cyclic esters (lactones) is 1. The zero-order valence-corrected chi connectivity index (χ0v) is 14.9. The molecule has 1 aliphatic rings. The van der Waals surface area contributed by atoms with Crippen molar-refractivity contribution in [3.8, 4) is 5.75 Å². The molecule has 138 valence electrons. The van der Waals surface area contributed by atoms with Gasteiger partial charge in [0.2, 0.25) is 5.90 Å². The molecule has 0 fully saturated rings. The van der Waals surface area contributed by atoms with Crippen molar-refractivity contribution in [2.24, 2.45) is 10.9 Å². The Bertz CT molecular complexity index is 947. The summed E-state index contributed by atoms with van der Waals surface area (Å²) in [7, 11) is 0. The average molecular weight is 366 g/mol. The van der Waals surface area contributed by atoms with Gasteiger partial charge in [-0.3, -0.25) is 10.1 Å². The van der Waals surface area contributed by atoms with Gasteiger partial charge in [-0.25, -0.2) is 9.79 Å². The van der Waals surface area contributed by atoms with E-state index in [0.29, 0.717) is 23.8 Å². The third-order valence-electron chi connectivity index (χ3n) is 3.67. The predicted octanol–water partition coefficient (Wildman–Crippen LogP) is 3.97. The van der Waals surface area contributed by atoms with E-state index in [1.807, 2.05) is 24.3 Å². The molecular formula is C20H18N2O5. The molecule has 0 saturated heterocycles. The van der Waals surface area contributed by atoms with Crippen LogP contribution in [0.3, 0.4) is 0 Å². The SMILES string of the molecule is CC(C)COc1cccc(/C=C2\N=C(c3cccc([N+](=O)[O-])c3)OC2=O)c1. The molecule has 3 rings (SSSR count). The molecule has 0 spiro atoms. The maximum absolute atomic E-state index is 12.1. The maximum atomic E-state index is 12.1. The second kappa shape index (κ2) is 7.82. The van der Waals surface area contributed by atoms with Crippen LogP contribution in [-0.2, 0) is 9.53 Å². The molecule has 0 saturated carbocycles. The number of hydrogen-bond acceptors (Lipinski definition) is 6. The maximum Gasteiger partial charge on any atom is 0.363 e. The lowest BCUT2D eigenvalue weighted by atomic mass is 10.2. The molecule has 0 aliphatic carbocycles. The summed E-state index contributed by atoms with van der Waals surface area (Å²) in [5.74, 6) is 0.540. The fourth-order valence-electron chi connectivity index (χ4n) is 2.40. The Labute approximate surface area is 156 Å². The van der Waals surface area contributed by atoms with Crippen LogP contribution in [0.25, 0.3) is 6.08 Å². The molecule has 0 bridgehead atoms. The second-order valence-corrected chi connectivity index (χ2v) is 6.42. The van der Waals surface area contributed by atoms with Crippen LogP contribution in [0.4, 0.5) is 5.69 Å². The van der Waals surface area contributed by atoms with Gasteiger partial charge in [0.1, 0.15) is 5.75 Å². The van der Waals surface area contributed by atoms with Crippen LogP contribution in [0, 0.1) is 16.0 Å². The van der Waals surface area contributed by atoms with Crippen molar-refractivity contribution in [2.45, 2.75) is 13.8 Å². The van der Waals surface area contributed by atoms with Crippen LogP contribution < -0.4 is 4.74 Å². The molecule has 0 radical (unpaired) electrons. The van der Waals surface area contributed by atoms with E-state index < -0.39 is 10.9 Å². The minimum absolute atomic E-state index is 0.0437. The highest BCUT2D eigenvalue weighted by molar-refractivity contribution is 6.13. The molecule has 7 heteroatoms. The molecule has 0 amide bonds. The number of nitro benzene ring substituents is 1. The van der Waals surface area contributed by atoms with Crippen molar-refractivity contribution >= 4 is 23.6 Å². The molecule has 2 aromatic carbocycles. The van der Waals surface area contributed by atoms with Gasteiger partial charge in [-0.15, -0.1) is 0 Å². The molecule has 7 nitrogen and oxygen atoms in total. The van der Waals surface area contributed by atoms with E-state index in [-0.39, 0.29) is 17.3 Å². The summed E-state index contributed by atoms with van der Waals surface area (Å²) in [6.45, 7) is 4.71. The topological polar surface area (TPSA) is 91.0 Å². The zero-order valence-electron chi connectivity index (χ0n) is 14.9. The highest BCUT2D eigenvalue weighted by Crippen LogP contribution is 2.23. The Kier molecular flexibility index (Phi) is 5.30. The molecule has 2 aromatic rings. The van der Waals surface area contributed by atoms with Crippen molar-refractivity contribution in [2.75, 3.05) is 6.61 Å². The molecule has 1 heterocycles. The van der Waals surface area contributed by atoms with Crippen LogP contribution >= 0.6 is 0 Å². The number of esters is 1. The van der Waals surface area contributed by atoms with E-state index in [0.717, 1.165) is 5.56 Å². The van der Waals surface area contributed by atoms with E-state index in [9.17, 15) is 14.9 Å². The van der Waals surface area contributed by atoms with Crippen LogP contribution in [0.15, 0.2) is 59.2 Å². The highest BCUT2D eigenvalue weighted by atomic mass is 16.6. The first-order chi connectivity index (χ1) is 12.9. The van der Waals surface area contributed by atoms with Crippen LogP contribution in [0.1, 0.15) is 25.0 Å². The van der Waals surface area contributed by atoms with Gasteiger partial charge in [-0.05, 0) is 35.8 Å². The Morgan fingerprint density at radius 1 is 1.22 bits per heavy atom. The van der Waals surface area contributed by atoms with Crippen molar-refractivity contribution < 1.29 is 19.2 Å². The zero-order chi connectivity index (χ0) is 19.4. The Morgan fingerprint density at radius 3 is 2.74 bits per heavy atom. The van der Waals surface area contributed by atoms with E-state index in [4.69, 9.17) is 9.47 Å². The number of nitrogens with zero attached hydrogens (tertiary/aromatic N) is 2. The third kappa shape index (κ3) is 4.58. The second-order valence-electron chi connectivity index (χ2n) is 6.42. The Hall–Kier alpha value is -3.48. The number of rotatable bonds is 6. The molecule has 0 unspecified atom stereocenters. The van der Waals surface area contributed by atoms with Gasteiger partial charge in [0.15, 0.2) is 5.70 Å². The normalized spacial score (nSPS) is 15.0. The van der Waals surface area contributed by atoms with Gasteiger partial charge >= 0.3 is 5.97 Å². The monoisotopic (exact) mass is 366 g/mol. The largest absolute Gasteiger partial charge is 0.493 e. The van der Waals surface area contributed by atoms with Crippen molar-refractivity contribution in [3.05, 3.63) is 75.5 Å². The molecule has 0 aromatic heterocycles. The fourth-order valence-corrected chi connectivity index (χ4v) is 2.40. The van der Waals surface area contributed by atoms with E-state index in [1.165, 1.54) is 18.2 Å². The summed E-state index contributed by atoms with van der Waals surface area (Å²) in [4.78, 5) is 26.7. The van der Waals surface area contributed by atoms with Gasteiger partial charge < -0.3 is 9.47 Å². The molecule has 1 aliphatic heterocycles. The summed E-state index contributed by atoms with van der Waals surface area (Å²) < 4.78 is 10.8. The Balaban J connectivity index is 1.85. The number of nitro groups is 1. The summed E-state index contributed by atoms with van der Waals surface area (Å²) in [5.41, 5.74) is 1.14. The van der Waals surface area contributed by atoms with E-state index in [1.54, 1.807) is 12.1 Å². The standard InChI is InChI=1S/C20H18N2O5/c1-13(2)12-26-17-8-3-5-14(9-17)10-18-20(23)27-19(21-18)15-6-4-7-16(11-15)22(24)25/h3-11,13H,12H2,1-2H3/b18-10-.